The van der Waals surface area contributed by atoms with E-state index in [9.17, 15) is 14.7 Å². The molecule has 0 unspecified atom stereocenters. The lowest BCUT2D eigenvalue weighted by atomic mass is 9.81. The molecule has 0 saturated heterocycles. The summed E-state index contributed by atoms with van der Waals surface area (Å²) in [5, 5.41) is 11.7. The Bertz CT molecular complexity index is 1170. The van der Waals surface area contributed by atoms with Crippen molar-refractivity contribution in [3.05, 3.63) is 27.0 Å². The second-order valence-corrected chi connectivity index (χ2v) is 15.4. The largest absolute Gasteiger partial charge is 0.477 e. The summed E-state index contributed by atoms with van der Waals surface area (Å²) < 4.78 is 1.25. The standard InChI is InChI=1S/C29H38N2O3S3/c1-18-6-8-20(9-7-18)27(32)31(21-10-12-22(13-11-21)36-25-17-30-19(2)35-25)24-16-23(14-15-29(3,4)5)37-26(24)28(33)34/h16-18,20-22H,6-13H2,1-5H3,(H,33,34)/t18-,20-,21-,22+. The van der Waals surface area contributed by atoms with Crippen LogP contribution in [0.1, 0.15) is 98.6 Å². The van der Waals surface area contributed by atoms with E-state index < -0.39 is 5.97 Å². The summed E-state index contributed by atoms with van der Waals surface area (Å²) in [5.74, 6) is 6.14. The smallest absolute Gasteiger partial charge is 0.348 e. The first kappa shape index (κ1) is 28.2. The number of aromatic carboxylic acids is 1. The number of rotatable bonds is 6. The number of carboxylic acid groups (broad SMARTS) is 1. The third-order valence-electron chi connectivity index (χ3n) is 7.22. The molecule has 8 heteroatoms. The Morgan fingerprint density at radius 3 is 2.32 bits per heavy atom. The molecule has 2 aromatic rings. The van der Waals surface area contributed by atoms with E-state index in [-0.39, 0.29) is 28.2 Å². The minimum atomic E-state index is -0.983. The number of amides is 1. The summed E-state index contributed by atoms with van der Waals surface area (Å²) in [6.07, 6.45) is 9.60. The Morgan fingerprint density at radius 2 is 1.76 bits per heavy atom. The number of carboxylic acids is 1. The summed E-state index contributed by atoms with van der Waals surface area (Å²) in [7, 11) is 0. The Morgan fingerprint density at radius 1 is 1.08 bits per heavy atom. The van der Waals surface area contributed by atoms with Crippen molar-refractivity contribution in [2.45, 2.75) is 101 Å². The predicted molar refractivity (Wildman–Crippen MR) is 155 cm³/mol. The average Bonchev–Trinajstić information content (AvgIpc) is 3.45. The maximum Gasteiger partial charge on any atom is 0.348 e. The van der Waals surface area contributed by atoms with Crippen molar-refractivity contribution in [1.29, 1.82) is 0 Å². The maximum absolute atomic E-state index is 14.1. The molecule has 0 bridgehead atoms. The molecule has 4 rings (SSSR count). The zero-order valence-electron chi connectivity index (χ0n) is 22.5. The average molecular weight is 559 g/mol. The van der Waals surface area contributed by atoms with Gasteiger partial charge in [-0.2, -0.15) is 0 Å². The molecule has 2 heterocycles. The first-order chi connectivity index (χ1) is 17.5. The number of aryl methyl sites for hydroxylation is 1. The van der Waals surface area contributed by atoms with Gasteiger partial charge in [0.1, 0.15) is 4.88 Å². The molecule has 0 spiro atoms. The van der Waals surface area contributed by atoms with Crippen molar-refractivity contribution in [1.82, 2.24) is 4.98 Å². The van der Waals surface area contributed by atoms with Crippen LogP contribution in [0.15, 0.2) is 16.5 Å². The highest BCUT2D eigenvalue weighted by molar-refractivity contribution is 8.01. The van der Waals surface area contributed by atoms with E-state index in [1.807, 2.05) is 56.6 Å². The lowest BCUT2D eigenvalue weighted by molar-refractivity contribution is -0.124. The number of thiazole rings is 1. The highest BCUT2D eigenvalue weighted by atomic mass is 32.2. The van der Waals surface area contributed by atoms with Crippen molar-refractivity contribution in [3.8, 4) is 11.8 Å². The first-order valence-corrected chi connectivity index (χ1v) is 15.8. The van der Waals surface area contributed by atoms with Crippen LogP contribution in [0.3, 0.4) is 0 Å². The van der Waals surface area contributed by atoms with Crippen molar-refractivity contribution in [2.24, 2.45) is 17.3 Å². The highest BCUT2D eigenvalue weighted by Gasteiger charge is 2.37. The molecule has 2 aliphatic carbocycles. The van der Waals surface area contributed by atoms with E-state index in [4.69, 9.17) is 0 Å². The van der Waals surface area contributed by atoms with Crippen LogP contribution in [-0.4, -0.2) is 33.3 Å². The number of carbonyl (C=O) groups excluding carboxylic acids is 1. The van der Waals surface area contributed by atoms with Gasteiger partial charge in [-0.05, 0) is 91.0 Å². The zero-order valence-corrected chi connectivity index (χ0v) is 25.0. The van der Waals surface area contributed by atoms with Gasteiger partial charge in [-0.3, -0.25) is 4.79 Å². The molecule has 1 amide bonds. The van der Waals surface area contributed by atoms with Crippen LogP contribution in [0, 0.1) is 36.0 Å². The van der Waals surface area contributed by atoms with E-state index in [1.54, 1.807) is 11.3 Å². The number of anilines is 1. The minimum absolute atomic E-state index is 0.0167. The SMILES string of the molecule is Cc1ncc(S[C@H]2CC[C@@H](N(c3cc(C#CC(C)(C)C)sc3C(=O)O)C(=O)[C@H]3CC[C@H](C)CC3)CC2)s1. The molecule has 5 nitrogen and oxygen atoms in total. The summed E-state index contributed by atoms with van der Waals surface area (Å²) in [6, 6.07) is 1.87. The van der Waals surface area contributed by atoms with Gasteiger partial charge < -0.3 is 10.0 Å². The van der Waals surface area contributed by atoms with E-state index in [0.717, 1.165) is 56.4 Å². The normalized spacial score (nSPS) is 24.2. The van der Waals surface area contributed by atoms with Gasteiger partial charge in [-0.1, -0.05) is 18.8 Å². The molecule has 0 radical (unpaired) electrons. The van der Waals surface area contributed by atoms with Crippen LogP contribution < -0.4 is 4.90 Å². The van der Waals surface area contributed by atoms with Gasteiger partial charge in [0, 0.05) is 22.6 Å². The molecule has 2 fully saturated rings. The number of hydrogen-bond donors (Lipinski definition) is 1. The van der Waals surface area contributed by atoms with Gasteiger partial charge in [0.25, 0.3) is 0 Å². The summed E-state index contributed by atoms with van der Waals surface area (Å²) in [4.78, 5) is 33.6. The van der Waals surface area contributed by atoms with E-state index in [0.29, 0.717) is 21.7 Å². The third-order valence-corrected chi connectivity index (χ3v) is 10.6. The summed E-state index contributed by atoms with van der Waals surface area (Å²) >= 11 is 4.82. The van der Waals surface area contributed by atoms with Gasteiger partial charge in [0.05, 0.1) is 26.0 Å². The van der Waals surface area contributed by atoms with Gasteiger partial charge in [0.15, 0.2) is 0 Å². The Balaban J connectivity index is 1.61. The molecule has 0 aliphatic heterocycles. The molecular weight excluding hydrogens is 521 g/mol. The molecule has 1 N–H and O–H groups in total. The van der Waals surface area contributed by atoms with Crippen LogP contribution in [0.5, 0.6) is 0 Å². The van der Waals surface area contributed by atoms with Crippen LogP contribution in [0.2, 0.25) is 0 Å². The van der Waals surface area contributed by atoms with Crippen LogP contribution in [-0.2, 0) is 4.79 Å². The molecular formula is C29H38N2O3S3. The summed E-state index contributed by atoms with van der Waals surface area (Å²) in [5.41, 5.74) is 0.364. The fraction of sp³-hybridized carbons (Fsp3) is 0.621. The number of thioether (sulfide) groups is 1. The molecule has 2 aromatic heterocycles. The topological polar surface area (TPSA) is 70.5 Å². The zero-order chi connectivity index (χ0) is 26.7. The van der Waals surface area contributed by atoms with Crippen LogP contribution >= 0.6 is 34.4 Å². The quantitative estimate of drug-likeness (QED) is 0.365. The van der Waals surface area contributed by atoms with Crippen molar-refractivity contribution >= 4 is 52.0 Å². The number of carbonyl (C=O) groups is 2. The fourth-order valence-electron chi connectivity index (χ4n) is 5.21. The Kier molecular flexibility index (Phi) is 9.09. The van der Waals surface area contributed by atoms with Crippen molar-refractivity contribution in [2.75, 3.05) is 4.90 Å². The van der Waals surface area contributed by atoms with Gasteiger partial charge >= 0.3 is 5.97 Å². The lowest BCUT2D eigenvalue weighted by Crippen LogP contribution is -2.46. The van der Waals surface area contributed by atoms with Crippen molar-refractivity contribution in [3.63, 3.8) is 0 Å². The molecule has 200 valence electrons. The molecule has 0 atom stereocenters. The van der Waals surface area contributed by atoms with Gasteiger partial charge in [-0.25, -0.2) is 9.78 Å². The highest BCUT2D eigenvalue weighted by Crippen LogP contribution is 2.42. The maximum atomic E-state index is 14.1. The van der Waals surface area contributed by atoms with E-state index in [1.165, 1.54) is 15.5 Å². The second kappa shape index (κ2) is 11.9. The number of thiophene rings is 1. The predicted octanol–water partition coefficient (Wildman–Crippen LogP) is 7.87. The van der Waals surface area contributed by atoms with Crippen LogP contribution in [0.25, 0.3) is 0 Å². The van der Waals surface area contributed by atoms with Crippen molar-refractivity contribution < 1.29 is 14.7 Å². The first-order valence-electron chi connectivity index (χ1n) is 13.3. The molecule has 37 heavy (non-hydrogen) atoms. The monoisotopic (exact) mass is 558 g/mol. The fourth-order valence-corrected chi connectivity index (χ4v) is 8.46. The number of hydrogen-bond acceptors (Lipinski definition) is 6. The Hall–Kier alpha value is -1.82. The van der Waals surface area contributed by atoms with E-state index in [2.05, 4.69) is 23.7 Å². The van der Waals surface area contributed by atoms with Gasteiger partial charge in [0.2, 0.25) is 5.91 Å². The number of aromatic nitrogens is 1. The molecule has 0 aromatic carbocycles. The van der Waals surface area contributed by atoms with Gasteiger partial charge in [-0.15, -0.1) is 34.4 Å². The number of nitrogens with zero attached hydrogens (tertiary/aromatic N) is 2. The Labute approximate surface area is 233 Å². The third kappa shape index (κ3) is 7.40. The minimum Gasteiger partial charge on any atom is -0.477 e. The van der Waals surface area contributed by atoms with E-state index >= 15 is 0 Å². The molecule has 2 saturated carbocycles. The second-order valence-electron chi connectivity index (χ2n) is 11.5. The summed E-state index contributed by atoms with van der Waals surface area (Å²) in [6.45, 7) is 10.4. The lowest BCUT2D eigenvalue weighted by Gasteiger charge is -2.39. The molecule has 2 aliphatic rings. The van der Waals surface area contributed by atoms with Crippen LogP contribution in [0.4, 0.5) is 5.69 Å².